The first-order chi connectivity index (χ1) is 7.63. The van der Waals surface area contributed by atoms with Crippen molar-refractivity contribution in [3.63, 3.8) is 0 Å². The van der Waals surface area contributed by atoms with Gasteiger partial charge in [-0.25, -0.2) is 12.1 Å². The van der Waals surface area contributed by atoms with E-state index in [4.69, 9.17) is 29.5 Å². The Bertz CT molecular complexity index is 299. The molecule has 0 radical (unpaired) electrons. The minimum Gasteiger partial charge on any atom is -0.214 e. The summed E-state index contributed by atoms with van der Waals surface area (Å²) in [7, 11) is 14.9. The van der Waals surface area contributed by atoms with Crippen LogP contribution in [0.15, 0.2) is 60.7 Å². The molecule has 16 heavy (non-hydrogen) atoms. The second kappa shape index (κ2) is 11.4. The van der Waals surface area contributed by atoms with Crippen LogP contribution in [-0.2, 0) is 12.3 Å². The van der Waals surface area contributed by atoms with Crippen molar-refractivity contribution in [3.05, 3.63) is 73.2 Å². The number of halogens is 3. The van der Waals surface area contributed by atoms with E-state index in [1.807, 2.05) is 60.7 Å². The monoisotopic (exact) mass is 312 g/mol. The molecule has 2 aromatic carbocycles. The summed E-state index contributed by atoms with van der Waals surface area (Å²) in [6.07, 6.45) is 0. The molecule has 0 aliphatic rings. The van der Waals surface area contributed by atoms with Gasteiger partial charge in [0.25, 0.3) is 0 Å². The summed E-state index contributed by atoms with van der Waals surface area (Å²) < 4.78 is 0. The van der Waals surface area contributed by atoms with Gasteiger partial charge >= 0.3 is 41.8 Å². The van der Waals surface area contributed by atoms with E-state index in [9.17, 15) is 0 Å². The molecule has 0 N–H and O–H groups in total. The SMILES string of the molecule is [CH2-]c1ccccc1.[Cl][V]([Cl])[Cl].c1cc[cH-]c1. The summed E-state index contributed by atoms with van der Waals surface area (Å²) >= 11 is -1.77. The van der Waals surface area contributed by atoms with Gasteiger partial charge in [0, 0.05) is 0 Å². The zero-order valence-electron chi connectivity index (χ0n) is 8.56. The molecule has 0 unspecified atom stereocenters. The molecular formula is C12H12Cl3V-2. The van der Waals surface area contributed by atoms with Gasteiger partial charge in [0.15, 0.2) is 0 Å². The number of hydrogen-bond donors (Lipinski definition) is 0. The Kier molecular flexibility index (Phi) is 11.3. The molecule has 0 spiro atoms. The molecule has 0 aromatic heterocycles. The smallest absolute Gasteiger partial charge is 0.172 e. The third kappa shape index (κ3) is 13.9. The maximum Gasteiger partial charge on any atom is -0.172 e. The van der Waals surface area contributed by atoms with Crippen LogP contribution in [-0.4, -0.2) is 0 Å². The van der Waals surface area contributed by atoms with Crippen LogP contribution in [0.5, 0.6) is 0 Å². The van der Waals surface area contributed by atoms with Gasteiger partial charge in [-0.3, -0.25) is 0 Å². The largest absolute Gasteiger partial charge is 0.214 e. The van der Waals surface area contributed by atoms with E-state index < -0.39 is 12.3 Å². The Balaban J connectivity index is 0.000000222. The molecule has 0 aliphatic heterocycles. The Morgan fingerprint density at radius 3 is 1.50 bits per heavy atom. The summed E-state index contributed by atoms with van der Waals surface area (Å²) in [5.74, 6) is 0. The molecule has 4 heteroatoms. The number of benzene rings is 1. The van der Waals surface area contributed by atoms with Crippen molar-refractivity contribution >= 4 is 29.5 Å². The van der Waals surface area contributed by atoms with Crippen molar-refractivity contribution in [1.29, 1.82) is 0 Å². The van der Waals surface area contributed by atoms with Crippen molar-refractivity contribution in [1.82, 2.24) is 0 Å². The van der Waals surface area contributed by atoms with E-state index in [2.05, 4.69) is 6.92 Å². The molecule has 0 nitrogen and oxygen atoms in total. The minimum absolute atomic E-state index is 1.07. The fraction of sp³-hybridized carbons (Fsp3) is 0. The van der Waals surface area contributed by atoms with Crippen LogP contribution in [0.1, 0.15) is 5.56 Å². The van der Waals surface area contributed by atoms with Crippen LogP contribution in [0, 0.1) is 6.92 Å². The van der Waals surface area contributed by atoms with Crippen molar-refractivity contribution in [2.24, 2.45) is 0 Å². The Labute approximate surface area is 114 Å². The summed E-state index contributed by atoms with van der Waals surface area (Å²) in [6.45, 7) is 3.72. The van der Waals surface area contributed by atoms with Crippen molar-refractivity contribution in [2.75, 3.05) is 0 Å². The fourth-order valence-corrected chi connectivity index (χ4v) is 0.799. The molecule has 0 saturated heterocycles. The summed E-state index contributed by atoms with van der Waals surface area (Å²) in [5.41, 5.74) is 1.07. The number of hydrogen-bond acceptors (Lipinski definition) is 0. The molecule has 2 rings (SSSR count). The van der Waals surface area contributed by atoms with Crippen LogP contribution in [0.3, 0.4) is 0 Å². The minimum atomic E-state index is -1.77. The molecule has 0 fully saturated rings. The Hall–Kier alpha value is -0.106. The van der Waals surface area contributed by atoms with Gasteiger partial charge in [-0.15, -0.1) is 12.1 Å². The zero-order valence-corrected chi connectivity index (χ0v) is 12.2. The van der Waals surface area contributed by atoms with E-state index >= 15 is 0 Å². The first-order valence-corrected chi connectivity index (χ1v) is 10.2. The van der Waals surface area contributed by atoms with Crippen LogP contribution in [0.25, 0.3) is 0 Å². The van der Waals surface area contributed by atoms with Crippen LogP contribution in [0.4, 0.5) is 0 Å². The standard InChI is InChI=1S/C7H7.C5H5.3ClH.V/c1-7-5-3-2-4-6-7;1-2-4-5-3-1;;;;/h2-6H,1H2;1-5H;3*1H;/q2*-1;;;;+3/p-3. The molecule has 0 atom stereocenters. The zero-order chi connectivity index (χ0) is 12.2. The van der Waals surface area contributed by atoms with E-state index in [1.165, 1.54) is 0 Å². The van der Waals surface area contributed by atoms with Crippen LogP contribution in [0.2, 0.25) is 0 Å². The summed E-state index contributed by atoms with van der Waals surface area (Å²) in [4.78, 5) is 0. The third-order valence-electron chi connectivity index (χ3n) is 1.40. The maximum atomic E-state index is 4.95. The van der Waals surface area contributed by atoms with Gasteiger partial charge in [0.05, 0.1) is 0 Å². The third-order valence-corrected chi connectivity index (χ3v) is 1.40. The Morgan fingerprint density at radius 1 is 0.875 bits per heavy atom. The van der Waals surface area contributed by atoms with E-state index in [0.29, 0.717) is 0 Å². The van der Waals surface area contributed by atoms with Gasteiger partial charge in [0.1, 0.15) is 0 Å². The second-order valence-electron chi connectivity index (χ2n) is 2.64. The van der Waals surface area contributed by atoms with Crippen LogP contribution >= 0.6 is 29.5 Å². The van der Waals surface area contributed by atoms with Crippen LogP contribution < -0.4 is 0 Å². The van der Waals surface area contributed by atoms with Gasteiger partial charge in [-0.1, -0.05) is 6.07 Å². The molecule has 0 heterocycles. The summed E-state index contributed by atoms with van der Waals surface area (Å²) in [6, 6.07) is 19.9. The average Bonchev–Trinajstić information content (AvgIpc) is 2.75. The molecule has 0 amide bonds. The van der Waals surface area contributed by atoms with Gasteiger partial charge in [0.2, 0.25) is 0 Å². The summed E-state index contributed by atoms with van der Waals surface area (Å²) in [5, 5.41) is 0. The number of rotatable bonds is 0. The van der Waals surface area contributed by atoms with Gasteiger partial charge in [-0.2, -0.15) is 42.8 Å². The normalized spacial score (nSPS) is 8.50. The quantitative estimate of drug-likeness (QED) is 0.576. The van der Waals surface area contributed by atoms with Crippen molar-refractivity contribution < 1.29 is 12.3 Å². The van der Waals surface area contributed by atoms with Gasteiger partial charge in [-0.05, 0) is 0 Å². The molecule has 88 valence electrons. The molecule has 0 aliphatic carbocycles. The molecule has 0 bridgehead atoms. The van der Waals surface area contributed by atoms with E-state index in [1.54, 1.807) is 0 Å². The first kappa shape index (κ1) is 15.9. The predicted molar refractivity (Wildman–Crippen MR) is 70.5 cm³/mol. The topological polar surface area (TPSA) is 0 Å². The van der Waals surface area contributed by atoms with Gasteiger partial charge < -0.3 is 0 Å². The maximum absolute atomic E-state index is 4.95. The molecular weight excluding hydrogens is 301 g/mol. The predicted octanol–water partition coefficient (Wildman–Crippen LogP) is 5.34. The first-order valence-electron chi connectivity index (χ1n) is 4.44. The van der Waals surface area contributed by atoms with E-state index in [0.717, 1.165) is 5.56 Å². The Morgan fingerprint density at radius 2 is 1.31 bits per heavy atom. The van der Waals surface area contributed by atoms with Crippen molar-refractivity contribution in [2.45, 2.75) is 0 Å². The van der Waals surface area contributed by atoms with Crippen molar-refractivity contribution in [3.8, 4) is 0 Å². The fourth-order valence-electron chi connectivity index (χ4n) is 0.799. The molecule has 0 saturated carbocycles. The average molecular weight is 314 g/mol. The second-order valence-corrected chi connectivity index (χ2v) is 9.56. The van der Waals surface area contributed by atoms with E-state index in [-0.39, 0.29) is 0 Å². The molecule has 2 aromatic rings.